The third-order valence-corrected chi connectivity index (χ3v) is 2.27. The summed E-state index contributed by atoms with van der Waals surface area (Å²) in [7, 11) is 0. The molecule has 2 rings (SSSR count). The number of fused-ring (bicyclic) bond motifs is 1. The minimum atomic E-state index is 0.0375. The lowest BCUT2D eigenvalue weighted by Gasteiger charge is -2.06. The van der Waals surface area contributed by atoms with Gasteiger partial charge in [-0.25, -0.2) is 0 Å². The second-order valence-corrected chi connectivity index (χ2v) is 3.66. The lowest BCUT2D eigenvalue weighted by Crippen LogP contribution is -2.06. The summed E-state index contributed by atoms with van der Waals surface area (Å²) in [5.74, 6) is 0.334. The Morgan fingerprint density at radius 3 is 2.93 bits per heavy atom. The summed E-state index contributed by atoms with van der Waals surface area (Å²) in [6, 6.07) is 3.47. The molecule has 0 fully saturated rings. The molecule has 0 aromatic carbocycles. The van der Waals surface area contributed by atoms with Crippen molar-refractivity contribution >= 4 is 10.9 Å². The maximum atomic E-state index is 11.6. The molecule has 3 heteroatoms. The van der Waals surface area contributed by atoms with Crippen LogP contribution in [-0.2, 0) is 0 Å². The smallest absolute Gasteiger partial charge is 0.191 e. The van der Waals surface area contributed by atoms with E-state index in [1.165, 1.54) is 0 Å². The van der Waals surface area contributed by atoms with E-state index >= 15 is 0 Å². The van der Waals surface area contributed by atoms with E-state index in [2.05, 4.69) is 23.8 Å². The van der Waals surface area contributed by atoms with Gasteiger partial charge in [0.2, 0.25) is 0 Å². The first-order valence-electron chi connectivity index (χ1n) is 4.65. The Balaban J connectivity index is 2.79. The van der Waals surface area contributed by atoms with Crippen LogP contribution in [0.4, 0.5) is 0 Å². The molecule has 2 aromatic heterocycles. The largest absolute Gasteiger partial charge is 0.358 e. The fourth-order valence-electron chi connectivity index (χ4n) is 1.42. The molecular formula is C11H12N2O. The van der Waals surface area contributed by atoms with Crippen LogP contribution >= 0.6 is 0 Å². The molecule has 0 saturated heterocycles. The topological polar surface area (TPSA) is 45.8 Å². The molecule has 0 bridgehead atoms. The van der Waals surface area contributed by atoms with Gasteiger partial charge in [-0.15, -0.1) is 0 Å². The number of rotatable bonds is 1. The first kappa shape index (κ1) is 8.94. The van der Waals surface area contributed by atoms with Gasteiger partial charge in [-0.1, -0.05) is 13.8 Å². The van der Waals surface area contributed by atoms with E-state index in [0.29, 0.717) is 11.3 Å². The average molecular weight is 188 g/mol. The third-order valence-electron chi connectivity index (χ3n) is 2.27. The SMILES string of the molecule is CC(C)c1cc(=O)c2cnccc2[nH]1. The number of nitrogens with zero attached hydrogens (tertiary/aromatic N) is 1. The zero-order chi connectivity index (χ0) is 10.1. The molecule has 0 amide bonds. The Kier molecular flexibility index (Phi) is 2.08. The van der Waals surface area contributed by atoms with Crippen LogP contribution in [-0.4, -0.2) is 9.97 Å². The first-order valence-corrected chi connectivity index (χ1v) is 4.65. The van der Waals surface area contributed by atoms with E-state index < -0.39 is 0 Å². The van der Waals surface area contributed by atoms with Crippen molar-refractivity contribution in [1.29, 1.82) is 0 Å². The molecular weight excluding hydrogens is 176 g/mol. The highest BCUT2D eigenvalue weighted by molar-refractivity contribution is 5.77. The normalized spacial score (nSPS) is 11.1. The van der Waals surface area contributed by atoms with Crippen molar-refractivity contribution in [3.05, 3.63) is 40.4 Å². The van der Waals surface area contributed by atoms with Crippen molar-refractivity contribution in [2.75, 3.05) is 0 Å². The quantitative estimate of drug-likeness (QED) is 0.744. The van der Waals surface area contributed by atoms with Gasteiger partial charge in [0, 0.05) is 24.2 Å². The highest BCUT2D eigenvalue weighted by Gasteiger charge is 2.04. The molecule has 14 heavy (non-hydrogen) atoms. The summed E-state index contributed by atoms with van der Waals surface area (Å²) >= 11 is 0. The lowest BCUT2D eigenvalue weighted by molar-refractivity contribution is 0.828. The Morgan fingerprint density at radius 2 is 2.21 bits per heavy atom. The Morgan fingerprint density at radius 1 is 1.43 bits per heavy atom. The van der Waals surface area contributed by atoms with Crippen LogP contribution in [0.1, 0.15) is 25.5 Å². The molecule has 0 saturated carbocycles. The van der Waals surface area contributed by atoms with Gasteiger partial charge in [-0.05, 0) is 12.0 Å². The summed E-state index contributed by atoms with van der Waals surface area (Å²) in [6.07, 6.45) is 3.28. The van der Waals surface area contributed by atoms with Crippen molar-refractivity contribution in [2.24, 2.45) is 0 Å². The van der Waals surface area contributed by atoms with Crippen molar-refractivity contribution < 1.29 is 0 Å². The first-order chi connectivity index (χ1) is 6.68. The fourth-order valence-corrected chi connectivity index (χ4v) is 1.42. The number of hydrogen-bond donors (Lipinski definition) is 1. The van der Waals surface area contributed by atoms with E-state index in [9.17, 15) is 4.79 Å². The van der Waals surface area contributed by atoms with E-state index in [1.54, 1.807) is 18.5 Å². The van der Waals surface area contributed by atoms with Gasteiger partial charge in [0.25, 0.3) is 0 Å². The summed E-state index contributed by atoms with van der Waals surface area (Å²) in [6.45, 7) is 4.11. The standard InChI is InChI=1S/C11H12N2O/c1-7(2)10-5-11(14)8-6-12-4-3-9(8)13-10/h3-7H,1-2H3,(H,13,14). The van der Waals surface area contributed by atoms with Crippen LogP contribution in [0.5, 0.6) is 0 Å². The molecule has 0 spiro atoms. The molecule has 0 unspecified atom stereocenters. The van der Waals surface area contributed by atoms with Gasteiger partial charge < -0.3 is 4.98 Å². The van der Waals surface area contributed by atoms with Crippen molar-refractivity contribution in [2.45, 2.75) is 19.8 Å². The van der Waals surface area contributed by atoms with E-state index in [1.807, 2.05) is 6.07 Å². The molecule has 2 aromatic rings. The molecule has 0 aliphatic rings. The number of pyridine rings is 2. The van der Waals surface area contributed by atoms with Crippen LogP contribution in [0.15, 0.2) is 29.3 Å². The van der Waals surface area contributed by atoms with Crippen molar-refractivity contribution in [3.8, 4) is 0 Å². The molecule has 2 heterocycles. The van der Waals surface area contributed by atoms with Crippen LogP contribution < -0.4 is 5.43 Å². The summed E-state index contributed by atoms with van der Waals surface area (Å²) in [4.78, 5) is 18.8. The van der Waals surface area contributed by atoms with Gasteiger partial charge >= 0.3 is 0 Å². The molecule has 0 atom stereocenters. The van der Waals surface area contributed by atoms with Crippen LogP contribution in [0, 0.1) is 0 Å². The third kappa shape index (κ3) is 1.41. The number of hydrogen-bond acceptors (Lipinski definition) is 2. The molecule has 1 N–H and O–H groups in total. The Hall–Kier alpha value is -1.64. The maximum absolute atomic E-state index is 11.6. The zero-order valence-electron chi connectivity index (χ0n) is 8.24. The van der Waals surface area contributed by atoms with E-state index in [4.69, 9.17) is 0 Å². The summed E-state index contributed by atoms with van der Waals surface area (Å²) in [5, 5.41) is 0.650. The second-order valence-electron chi connectivity index (χ2n) is 3.66. The fraction of sp³-hybridized carbons (Fsp3) is 0.273. The van der Waals surface area contributed by atoms with Gasteiger partial charge in [-0.2, -0.15) is 0 Å². The lowest BCUT2D eigenvalue weighted by atomic mass is 10.1. The van der Waals surface area contributed by atoms with E-state index in [0.717, 1.165) is 11.2 Å². The Labute approximate surface area is 81.8 Å². The molecule has 0 radical (unpaired) electrons. The predicted molar refractivity (Wildman–Crippen MR) is 56.5 cm³/mol. The maximum Gasteiger partial charge on any atom is 0.191 e. The van der Waals surface area contributed by atoms with Crippen LogP contribution in [0.3, 0.4) is 0 Å². The zero-order valence-corrected chi connectivity index (χ0v) is 8.24. The highest BCUT2D eigenvalue weighted by atomic mass is 16.1. The molecule has 72 valence electrons. The van der Waals surface area contributed by atoms with Gasteiger partial charge in [0.05, 0.1) is 10.9 Å². The minimum absolute atomic E-state index is 0.0375. The summed E-state index contributed by atoms with van der Waals surface area (Å²) in [5.41, 5.74) is 1.86. The molecule has 3 nitrogen and oxygen atoms in total. The van der Waals surface area contributed by atoms with Crippen LogP contribution in [0.2, 0.25) is 0 Å². The Bertz CT molecular complexity index is 514. The molecule has 0 aliphatic carbocycles. The summed E-state index contributed by atoms with van der Waals surface area (Å²) < 4.78 is 0. The number of nitrogens with one attached hydrogen (secondary N) is 1. The van der Waals surface area contributed by atoms with Crippen molar-refractivity contribution in [3.63, 3.8) is 0 Å². The second kappa shape index (κ2) is 3.25. The highest BCUT2D eigenvalue weighted by Crippen LogP contribution is 2.12. The molecule has 0 aliphatic heterocycles. The van der Waals surface area contributed by atoms with Gasteiger partial charge in [0.1, 0.15) is 0 Å². The predicted octanol–water partition coefficient (Wildman–Crippen LogP) is 2.05. The van der Waals surface area contributed by atoms with Crippen molar-refractivity contribution in [1.82, 2.24) is 9.97 Å². The van der Waals surface area contributed by atoms with Gasteiger partial charge in [0.15, 0.2) is 5.43 Å². The van der Waals surface area contributed by atoms with Gasteiger partial charge in [-0.3, -0.25) is 9.78 Å². The average Bonchev–Trinajstić information content (AvgIpc) is 2.17. The minimum Gasteiger partial charge on any atom is -0.358 e. The van der Waals surface area contributed by atoms with E-state index in [-0.39, 0.29) is 5.43 Å². The number of H-pyrrole nitrogens is 1. The number of aromatic amines is 1. The monoisotopic (exact) mass is 188 g/mol. The van der Waals surface area contributed by atoms with Crippen LogP contribution in [0.25, 0.3) is 10.9 Å². The number of aromatic nitrogens is 2.